The highest BCUT2D eigenvalue weighted by molar-refractivity contribution is 5.82. The number of hydrazone groups is 1. The SMILES string of the molecule is CC(C)=NNC(=O)CC(C)(C)CC(C)(C)n1c(O)cc(C(C)C)c1O. The average Bonchev–Trinajstić information content (AvgIpc) is 2.70. The van der Waals surface area contributed by atoms with E-state index in [9.17, 15) is 15.0 Å². The van der Waals surface area contributed by atoms with Crippen LogP contribution in [-0.4, -0.2) is 26.4 Å². The zero-order chi connectivity index (χ0) is 19.6. The lowest BCUT2D eigenvalue weighted by molar-refractivity contribution is -0.123. The largest absolute Gasteiger partial charge is 0.494 e. The summed E-state index contributed by atoms with van der Waals surface area (Å²) in [5.74, 6) is 0.0873. The molecule has 1 aromatic heterocycles. The van der Waals surface area contributed by atoms with Crippen LogP contribution in [0.3, 0.4) is 0 Å². The summed E-state index contributed by atoms with van der Waals surface area (Å²) >= 11 is 0. The monoisotopic (exact) mass is 351 g/mol. The van der Waals surface area contributed by atoms with Gasteiger partial charge in [-0.2, -0.15) is 5.10 Å². The molecule has 0 saturated heterocycles. The fourth-order valence-corrected chi connectivity index (χ4v) is 3.49. The van der Waals surface area contributed by atoms with E-state index < -0.39 is 5.54 Å². The Morgan fingerprint density at radius 1 is 1.24 bits per heavy atom. The molecule has 0 aliphatic carbocycles. The van der Waals surface area contributed by atoms with Gasteiger partial charge in [0, 0.05) is 29.3 Å². The predicted octanol–water partition coefficient (Wildman–Crippen LogP) is 4.08. The summed E-state index contributed by atoms with van der Waals surface area (Å²) in [6, 6.07) is 1.61. The van der Waals surface area contributed by atoms with E-state index in [2.05, 4.69) is 10.5 Å². The minimum absolute atomic E-state index is 0.0395. The number of nitrogens with zero attached hydrogens (tertiary/aromatic N) is 2. The van der Waals surface area contributed by atoms with Gasteiger partial charge in [-0.25, -0.2) is 5.43 Å². The summed E-state index contributed by atoms with van der Waals surface area (Å²) < 4.78 is 1.55. The number of amides is 1. The van der Waals surface area contributed by atoms with Crippen LogP contribution in [0.5, 0.6) is 11.8 Å². The molecule has 0 atom stereocenters. The van der Waals surface area contributed by atoms with Crippen molar-refractivity contribution in [1.82, 2.24) is 9.99 Å². The van der Waals surface area contributed by atoms with Gasteiger partial charge < -0.3 is 10.2 Å². The summed E-state index contributed by atoms with van der Waals surface area (Å²) in [7, 11) is 0. The Morgan fingerprint density at radius 2 is 1.80 bits per heavy atom. The molecule has 0 aliphatic heterocycles. The molecule has 0 radical (unpaired) electrons. The van der Waals surface area contributed by atoms with Crippen LogP contribution in [-0.2, 0) is 10.3 Å². The first kappa shape index (κ1) is 21.1. The highest BCUT2D eigenvalue weighted by Crippen LogP contribution is 2.43. The number of aromatic hydroxyl groups is 2. The van der Waals surface area contributed by atoms with Gasteiger partial charge in [-0.15, -0.1) is 0 Å². The highest BCUT2D eigenvalue weighted by Gasteiger charge is 2.35. The minimum Gasteiger partial charge on any atom is -0.494 e. The van der Waals surface area contributed by atoms with Crippen LogP contribution in [0.4, 0.5) is 0 Å². The maximum absolute atomic E-state index is 12.1. The molecular formula is C19H33N3O3. The number of hydrogen-bond acceptors (Lipinski definition) is 4. The first-order chi connectivity index (χ1) is 11.3. The van der Waals surface area contributed by atoms with Crippen molar-refractivity contribution in [2.75, 3.05) is 0 Å². The Balaban J connectivity index is 3.00. The Morgan fingerprint density at radius 3 is 2.24 bits per heavy atom. The third kappa shape index (κ3) is 5.51. The number of hydrogen-bond donors (Lipinski definition) is 3. The van der Waals surface area contributed by atoms with Crippen LogP contribution in [0, 0.1) is 5.41 Å². The zero-order valence-electron chi connectivity index (χ0n) is 16.8. The molecule has 0 bridgehead atoms. The number of nitrogens with one attached hydrogen (secondary N) is 1. The second-order valence-corrected chi connectivity index (χ2v) is 8.70. The van der Waals surface area contributed by atoms with E-state index >= 15 is 0 Å². The summed E-state index contributed by atoms with van der Waals surface area (Å²) in [4.78, 5) is 12.1. The van der Waals surface area contributed by atoms with Crippen LogP contribution in [0.15, 0.2) is 11.2 Å². The molecule has 6 nitrogen and oxygen atoms in total. The lowest BCUT2D eigenvalue weighted by Gasteiger charge is -2.36. The third-order valence-corrected chi connectivity index (χ3v) is 4.17. The second-order valence-electron chi connectivity index (χ2n) is 8.70. The Kier molecular flexibility index (Phi) is 6.32. The van der Waals surface area contributed by atoms with Crippen molar-refractivity contribution in [2.45, 2.75) is 79.7 Å². The highest BCUT2D eigenvalue weighted by atomic mass is 16.3. The zero-order valence-corrected chi connectivity index (χ0v) is 16.8. The number of rotatable bonds is 7. The summed E-state index contributed by atoms with van der Waals surface area (Å²) in [6.07, 6.45) is 0.891. The number of carbonyl (C=O) groups excluding carboxylic acids is 1. The second kappa shape index (κ2) is 7.50. The van der Waals surface area contributed by atoms with Gasteiger partial charge in [-0.1, -0.05) is 27.7 Å². The van der Waals surface area contributed by atoms with Gasteiger partial charge in [-0.05, 0) is 45.4 Å². The van der Waals surface area contributed by atoms with Crippen molar-refractivity contribution in [3.8, 4) is 11.8 Å². The van der Waals surface area contributed by atoms with E-state index in [1.165, 1.54) is 0 Å². The van der Waals surface area contributed by atoms with E-state index in [1.54, 1.807) is 10.6 Å². The molecule has 0 aromatic carbocycles. The first-order valence-electron chi connectivity index (χ1n) is 8.70. The van der Waals surface area contributed by atoms with Crippen LogP contribution in [0.2, 0.25) is 0 Å². The van der Waals surface area contributed by atoms with Crippen LogP contribution >= 0.6 is 0 Å². The molecular weight excluding hydrogens is 318 g/mol. The molecule has 3 N–H and O–H groups in total. The lowest BCUT2D eigenvalue weighted by Crippen LogP contribution is -2.35. The first-order valence-corrected chi connectivity index (χ1v) is 8.70. The van der Waals surface area contributed by atoms with Crippen LogP contribution in [0.1, 0.15) is 79.7 Å². The quantitative estimate of drug-likeness (QED) is 0.511. The van der Waals surface area contributed by atoms with Crippen molar-refractivity contribution in [1.29, 1.82) is 0 Å². The van der Waals surface area contributed by atoms with Gasteiger partial charge in [0.05, 0.1) is 0 Å². The van der Waals surface area contributed by atoms with Gasteiger partial charge in [0.1, 0.15) is 0 Å². The standard InChI is InChI=1S/C19H33N3O3/c1-12(2)14-9-16(24)22(17(14)25)19(7,8)11-18(5,6)10-15(23)21-20-13(3)4/h9,12,24-25H,10-11H2,1-8H3,(H,21,23). The summed E-state index contributed by atoms with van der Waals surface area (Å²) in [5.41, 5.74) is 3.15. The molecule has 1 rings (SSSR count). The van der Waals surface area contributed by atoms with Crippen molar-refractivity contribution in [2.24, 2.45) is 10.5 Å². The predicted molar refractivity (Wildman–Crippen MR) is 101 cm³/mol. The lowest BCUT2D eigenvalue weighted by atomic mass is 9.77. The van der Waals surface area contributed by atoms with Gasteiger partial charge in [0.25, 0.3) is 0 Å². The molecule has 1 amide bonds. The van der Waals surface area contributed by atoms with Gasteiger partial charge >= 0.3 is 0 Å². The topological polar surface area (TPSA) is 86.9 Å². The molecule has 25 heavy (non-hydrogen) atoms. The number of carbonyl (C=O) groups is 1. The van der Waals surface area contributed by atoms with E-state index in [0.717, 1.165) is 5.71 Å². The average molecular weight is 351 g/mol. The van der Waals surface area contributed by atoms with Gasteiger partial charge in [0.2, 0.25) is 5.91 Å². The normalized spacial score (nSPS) is 12.4. The van der Waals surface area contributed by atoms with Gasteiger partial charge in [-0.3, -0.25) is 9.36 Å². The fraction of sp³-hybridized carbons (Fsp3) is 0.684. The fourth-order valence-electron chi connectivity index (χ4n) is 3.49. The third-order valence-electron chi connectivity index (χ3n) is 4.17. The molecule has 0 spiro atoms. The van der Waals surface area contributed by atoms with Crippen molar-refractivity contribution < 1.29 is 15.0 Å². The maximum atomic E-state index is 12.1. The molecule has 142 valence electrons. The van der Waals surface area contributed by atoms with E-state index in [0.29, 0.717) is 18.4 Å². The minimum atomic E-state index is -0.560. The molecule has 0 unspecified atom stereocenters. The van der Waals surface area contributed by atoms with E-state index in [-0.39, 0.29) is 29.0 Å². The van der Waals surface area contributed by atoms with Crippen molar-refractivity contribution >= 4 is 11.6 Å². The van der Waals surface area contributed by atoms with Crippen molar-refractivity contribution in [3.05, 3.63) is 11.6 Å². The van der Waals surface area contributed by atoms with E-state index in [4.69, 9.17) is 0 Å². The Hall–Kier alpha value is -1.98. The molecule has 0 aliphatic rings. The Labute approximate surface area is 150 Å². The van der Waals surface area contributed by atoms with Gasteiger partial charge in [0.15, 0.2) is 11.8 Å². The molecule has 0 saturated carbocycles. The maximum Gasteiger partial charge on any atom is 0.240 e. The van der Waals surface area contributed by atoms with E-state index in [1.807, 2.05) is 55.4 Å². The Bertz CT molecular complexity index is 651. The summed E-state index contributed by atoms with van der Waals surface area (Å²) in [6.45, 7) is 15.5. The molecule has 1 aromatic rings. The smallest absolute Gasteiger partial charge is 0.240 e. The number of aromatic nitrogens is 1. The molecule has 1 heterocycles. The van der Waals surface area contributed by atoms with Crippen LogP contribution in [0.25, 0.3) is 0 Å². The van der Waals surface area contributed by atoms with Crippen LogP contribution < -0.4 is 5.43 Å². The molecule has 6 heteroatoms. The van der Waals surface area contributed by atoms with Crippen molar-refractivity contribution in [3.63, 3.8) is 0 Å². The summed E-state index contributed by atoms with van der Waals surface area (Å²) in [5, 5.41) is 24.8. The molecule has 0 fully saturated rings.